The second kappa shape index (κ2) is 14.4. The molecule has 2 aromatic rings. The van der Waals surface area contributed by atoms with Gasteiger partial charge in [-0.05, 0) is 48.9 Å². The Balaban J connectivity index is 2.13. The molecule has 0 bridgehead atoms. The fraction of sp³-hybridized carbons (Fsp3) is 0.462. The molecule has 0 spiro atoms. The molecule has 8 heteroatoms. The quantitative estimate of drug-likeness (QED) is 0.294. The van der Waals surface area contributed by atoms with Crippen molar-refractivity contribution in [1.29, 1.82) is 0 Å². The van der Waals surface area contributed by atoms with Gasteiger partial charge in [-0.3, -0.25) is 9.59 Å². The Morgan fingerprint density at radius 1 is 0.706 bits per heavy atom. The van der Waals surface area contributed by atoms with Crippen molar-refractivity contribution in [2.45, 2.75) is 62.4 Å². The van der Waals surface area contributed by atoms with Gasteiger partial charge < -0.3 is 20.8 Å². The standard InChI is InChI=1S/C26H36N2O4S2/c1-17(2)13-19(15-29)27-25(31)21-9-5-7-11-23(21)33-34-24-12-8-6-10-22(24)26(32)28-20(16-30)14-18(3)4/h5-12,17-20,29-30H,13-16H2,1-4H3,(H,27,31)(H,28,32). The van der Waals surface area contributed by atoms with E-state index in [4.69, 9.17) is 0 Å². The number of carbonyl (C=O) groups excluding carboxylic acids is 2. The first-order valence-corrected chi connectivity index (χ1v) is 13.8. The van der Waals surface area contributed by atoms with E-state index >= 15 is 0 Å². The molecule has 4 N–H and O–H groups in total. The zero-order chi connectivity index (χ0) is 25.1. The Morgan fingerprint density at radius 3 is 1.38 bits per heavy atom. The molecule has 0 heterocycles. The Labute approximate surface area is 210 Å². The smallest absolute Gasteiger partial charge is 0.252 e. The summed E-state index contributed by atoms with van der Waals surface area (Å²) in [7, 11) is 2.82. The molecule has 34 heavy (non-hydrogen) atoms. The average Bonchev–Trinajstić information content (AvgIpc) is 2.81. The lowest BCUT2D eigenvalue weighted by atomic mass is 10.0. The molecule has 2 rings (SSSR count). The summed E-state index contributed by atoms with van der Waals surface area (Å²) in [6.45, 7) is 7.98. The molecule has 2 aromatic carbocycles. The van der Waals surface area contributed by atoms with Gasteiger partial charge in [0.15, 0.2) is 0 Å². The molecule has 6 nitrogen and oxygen atoms in total. The number of hydrogen-bond donors (Lipinski definition) is 4. The predicted molar refractivity (Wildman–Crippen MR) is 140 cm³/mol. The molecule has 2 unspecified atom stereocenters. The second-order valence-corrected chi connectivity index (χ2v) is 11.3. The highest BCUT2D eigenvalue weighted by Gasteiger charge is 2.20. The van der Waals surface area contributed by atoms with E-state index in [2.05, 4.69) is 38.3 Å². The highest BCUT2D eigenvalue weighted by molar-refractivity contribution is 8.76. The van der Waals surface area contributed by atoms with Crippen LogP contribution in [0.4, 0.5) is 0 Å². The van der Waals surface area contributed by atoms with Crippen LogP contribution in [0.2, 0.25) is 0 Å². The van der Waals surface area contributed by atoms with Crippen LogP contribution in [0.25, 0.3) is 0 Å². The number of carbonyl (C=O) groups is 2. The van der Waals surface area contributed by atoms with Crippen molar-refractivity contribution in [1.82, 2.24) is 10.6 Å². The van der Waals surface area contributed by atoms with Crippen LogP contribution in [0, 0.1) is 11.8 Å². The normalized spacial score (nSPS) is 13.1. The van der Waals surface area contributed by atoms with Crippen molar-refractivity contribution < 1.29 is 19.8 Å². The summed E-state index contributed by atoms with van der Waals surface area (Å²) >= 11 is 0. The summed E-state index contributed by atoms with van der Waals surface area (Å²) in [5.74, 6) is 0.250. The van der Waals surface area contributed by atoms with Crippen molar-refractivity contribution in [3.63, 3.8) is 0 Å². The monoisotopic (exact) mass is 504 g/mol. The van der Waals surface area contributed by atoms with Gasteiger partial charge in [0.05, 0.1) is 36.4 Å². The van der Waals surface area contributed by atoms with E-state index in [1.807, 2.05) is 36.4 Å². The molecule has 0 fully saturated rings. The van der Waals surface area contributed by atoms with Gasteiger partial charge in [-0.15, -0.1) is 0 Å². The van der Waals surface area contributed by atoms with Gasteiger partial charge in [-0.2, -0.15) is 0 Å². The zero-order valence-electron chi connectivity index (χ0n) is 20.3. The van der Waals surface area contributed by atoms with Gasteiger partial charge in [0.2, 0.25) is 0 Å². The summed E-state index contributed by atoms with van der Waals surface area (Å²) in [4.78, 5) is 27.4. The number of aliphatic hydroxyl groups is 2. The van der Waals surface area contributed by atoms with Crippen LogP contribution in [0.15, 0.2) is 58.3 Å². The minimum Gasteiger partial charge on any atom is -0.394 e. The molecule has 2 atom stereocenters. The largest absolute Gasteiger partial charge is 0.394 e. The summed E-state index contributed by atoms with van der Waals surface area (Å²) in [5, 5.41) is 25.1. The van der Waals surface area contributed by atoms with Crippen LogP contribution in [-0.4, -0.2) is 47.3 Å². The van der Waals surface area contributed by atoms with Crippen molar-refractivity contribution in [3.8, 4) is 0 Å². The van der Waals surface area contributed by atoms with Crippen molar-refractivity contribution in [2.75, 3.05) is 13.2 Å². The van der Waals surface area contributed by atoms with Crippen LogP contribution in [0.5, 0.6) is 0 Å². The van der Waals surface area contributed by atoms with E-state index in [0.29, 0.717) is 35.8 Å². The lowest BCUT2D eigenvalue weighted by molar-refractivity contribution is 0.0898. The van der Waals surface area contributed by atoms with E-state index < -0.39 is 0 Å². The van der Waals surface area contributed by atoms with E-state index in [9.17, 15) is 19.8 Å². The maximum Gasteiger partial charge on any atom is 0.252 e. The summed E-state index contributed by atoms with van der Waals surface area (Å²) < 4.78 is 0. The number of hydrogen-bond acceptors (Lipinski definition) is 6. The summed E-state index contributed by atoms with van der Waals surface area (Å²) in [5.41, 5.74) is 1.06. The molecular weight excluding hydrogens is 468 g/mol. The molecule has 0 radical (unpaired) electrons. The van der Waals surface area contributed by atoms with E-state index in [1.165, 1.54) is 21.6 Å². The lowest BCUT2D eigenvalue weighted by Gasteiger charge is -2.20. The molecule has 0 aromatic heterocycles. The maximum atomic E-state index is 12.9. The first-order valence-electron chi connectivity index (χ1n) is 11.6. The van der Waals surface area contributed by atoms with E-state index in [1.54, 1.807) is 12.1 Å². The molecule has 0 saturated heterocycles. The third-order valence-electron chi connectivity index (χ3n) is 5.11. The first-order chi connectivity index (χ1) is 16.2. The minimum absolute atomic E-state index is 0.109. The lowest BCUT2D eigenvalue weighted by Crippen LogP contribution is -2.38. The number of rotatable bonds is 13. The zero-order valence-corrected chi connectivity index (χ0v) is 21.9. The minimum atomic E-state index is -0.298. The fourth-order valence-electron chi connectivity index (χ4n) is 3.57. The highest BCUT2D eigenvalue weighted by Crippen LogP contribution is 2.40. The van der Waals surface area contributed by atoms with E-state index in [-0.39, 0.29) is 37.1 Å². The Kier molecular flexibility index (Phi) is 12.0. The molecule has 0 aliphatic carbocycles. The van der Waals surface area contributed by atoms with Crippen molar-refractivity contribution >= 4 is 33.4 Å². The van der Waals surface area contributed by atoms with Gasteiger partial charge in [0.1, 0.15) is 0 Å². The topological polar surface area (TPSA) is 98.7 Å². The molecule has 0 saturated carbocycles. The van der Waals surface area contributed by atoms with Crippen molar-refractivity contribution in [2.24, 2.45) is 11.8 Å². The van der Waals surface area contributed by atoms with E-state index in [0.717, 1.165) is 9.79 Å². The van der Waals surface area contributed by atoms with Gasteiger partial charge in [0, 0.05) is 9.79 Å². The Bertz CT molecular complexity index is 861. The predicted octanol–water partition coefficient (Wildman–Crippen LogP) is 4.76. The van der Waals surface area contributed by atoms with Crippen LogP contribution in [-0.2, 0) is 0 Å². The molecule has 0 aliphatic rings. The third kappa shape index (κ3) is 8.98. The maximum absolute atomic E-state index is 12.9. The third-order valence-corrected chi connectivity index (χ3v) is 7.59. The molecular formula is C26H36N2O4S2. The first kappa shape index (κ1) is 28.2. The van der Waals surface area contributed by atoms with Gasteiger partial charge >= 0.3 is 0 Å². The number of amides is 2. The molecule has 0 aliphatic heterocycles. The van der Waals surface area contributed by atoms with Crippen LogP contribution in [0.3, 0.4) is 0 Å². The molecule has 2 amide bonds. The Hall–Kier alpha value is -2.00. The average molecular weight is 505 g/mol. The molecule has 186 valence electrons. The summed E-state index contributed by atoms with van der Waals surface area (Å²) in [6.07, 6.45) is 1.39. The number of aliphatic hydroxyl groups excluding tert-OH is 2. The van der Waals surface area contributed by atoms with Crippen LogP contribution in [0.1, 0.15) is 61.3 Å². The van der Waals surface area contributed by atoms with Crippen LogP contribution < -0.4 is 10.6 Å². The summed E-state index contributed by atoms with van der Waals surface area (Å²) in [6, 6.07) is 14.0. The fourth-order valence-corrected chi connectivity index (χ4v) is 5.93. The Morgan fingerprint density at radius 2 is 1.06 bits per heavy atom. The van der Waals surface area contributed by atoms with Gasteiger partial charge in [-0.25, -0.2) is 0 Å². The number of nitrogens with one attached hydrogen (secondary N) is 2. The SMILES string of the molecule is CC(C)CC(CO)NC(=O)c1ccccc1SSc1ccccc1C(=O)NC(CO)CC(C)C. The number of benzene rings is 2. The second-order valence-electron chi connectivity index (χ2n) is 9.12. The highest BCUT2D eigenvalue weighted by atomic mass is 33.1. The van der Waals surface area contributed by atoms with Gasteiger partial charge in [-0.1, -0.05) is 73.5 Å². The van der Waals surface area contributed by atoms with Gasteiger partial charge in [0.25, 0.3) is 11.8 Å². The van der Waals surface area contributed by atoms with Crippen molar-refractivity contribution in [3.05, 3.63) is 59.7 Å². The van der Waals surface area contributed by atoms with Crippen LogP contribution >= 0.6 is 21.6 Å².